The Morgan fingerprint density at radius 1 is 0.957 bits per heavy atom. The van der Waals surface area contributed by atoms with Gasteiger partial charge in [-0.3, -0.25) is 0 Å². The quantitative estimate of drug-likeness (QED) is 0.780. The van der Waals surface area contributed by atoms with Crippen LogP contribution in [0.2, 0.25) is 0 Å². The van der Waals surface area contributed by atoms with Crippen LogP contribution in [0, 0.1) is 6.92 Å². The lowest BCUT2D eigenvalue weighted by molar-refractivity contribution is 0.207. The summed E-state index contributed by atoms with van der Waals surface area (Å²) in [5, 5.41) is 3.46. The summed E-state index contributed by atoms with van der Waals surface area (Å²) in [6.07, 6.45) is 1.16. The lowest BCUT2D eigenvalue weighted by atomic mass is 10.1. The predicted molar refractivity (Wildman–Crippen MR) is 95.1 cm³/mol. The third kappa shape index (κ3) is 5.29. The molecular formula is C20H27NO2. The SMILES string of the molecule is CCC(C)Oc1ccc(CNCc2ccc(C)cc2)cc1OC. The molecule has 0 radical (unpaired) electrons. The van der Waals surface area contributed by atoms with E-state index in [1.807, 2.05) is 12.1 Å². The molecule has 0 aromatic heterocycles. The Kier molecular flexibility index (Phi) is 6.48. The van der Waals surface area contributed by atoms with Gasteiger partial charge in [-0.1, -0.05) is 42.8 Å². The number of methoxy groups -OCH3 is 1. The Bertz CT molecular complexity index is 608. The molecule has 0 spiro atoms. The van der Waals surface area contributed by atoms with E-state index in [1.54, 1.807) is 7.11 Å². The van der Waals surface area contributed by atoms with E-state index in [9.17, 15) is 0 Å². The standard InChI is InChI=1S/C20H27NO2/c1-5-16(3)23-19-11-10-18(12-20(19)22-4)14-21-13-17-8-6-15(2)7-9-17/h6-12,16,21H,5,13-14H2,1-4H3. The van der Waals surface area contributed by atoms with Gasteiger partial charge < -0.3 is 14.8 Å². The highest BCUT2D eigenvalue weighted by Gasteiger charge is 2.08. The Labute approximate surface area is 139 Å². The van der Waals surface area contributed by atoms with Crippen LogP contribution in [0.15, 0.2) is 42.5 Å². The van der Waals surface area contributed by atoms with Gasteiger partial charge in [0.15, 0.2) is 11.5 Å². The molecule has 0 amide bonds. The first-order valence-electron chi connectivity index (χ1n) is 8.22. The molecule has 124 valence electrons. The van der Waals surface area contributed by atoms with E-state index in [1.165, 1.54) is 16.7 Å². The second kappa shape index (κ2) is 8.59. The molecule has 0 aliphatic heterocycles. The van der Waals surface area contributed by atoms with Crippen molar-refractivity contribution < 1.29 is 9.47 Å². The van der Waals surface area contributed by atoms with Crippen molar-refractivity contribution in [3.63, 3.8) is 0 Å². The van der Waals surface area contributed by atoms with Crippen molar-refractivity contribution in [1.82, 2.24) is 5.32 Å². The lowest BCUT2D eigenvalue weighted by Gasteiger charge is -2.16. The van der Waals surface area contributed by atoms with Gasteiger partial charge in [0.1, 0.15) is 0 Å². The first-order chi connectivity index (χ1) is 11.1. The Morgan fingerprint density at radius 3 is 2.26 bits per heavy atom. The molecule has 1 atom stereocenters. The maximum absolute atomic E-state index is 5.88. The van der Waals surface area contributed by atoms with E-state index in [-0.39, 0.29) is 6.10 Å². The molecule has 0 bridgehead atoms. The number of ether oxygens (including phenoxy) is 2. The third-order valence-corrected chi connectivity index (χ3v) is 3.91. The van der Waals surface area contributed by atoms with Crippen LogP contribution >= 0.6 is 0 Å². The minimum absolute atomic E-state index is 0.189. The number of hydrogen-bond donors (Lipinski definition) is 1. The van der Waals surface area contributed by atoms with Crippen molar-refractivity contribution in [1.29, 1.82) is 0 Å². The number of benzene rings is 2. The summed E-state index contributed by atoms with van der Waals surface area (Å²) in [5.74, 6) is 1.60. The molecule has 2 aromatic rings. The second-order valence-corrected chi connectivity index (χ2v) is 5.91. The summed E-state index contributed by atoms with van der Waals surface area (Å²) < 4.78 is 11.3. The number of nitrogens with one attached hydrogen (secondary N) is 1. The first-order valence-corrected chi connectivity index (χ1v) is 8.22. The highest BCUT2D eigenvalue weighted by atomic mass is 16.5. The van der Waals surface area contributed by atoms with Gasteiger partial charge in [0, 0.05) is 13.1 Å². The fourth-order valence-electron chi connectivity index (χ4n) is 2.28. The molecule has 0 saturated carbocycles. The smallest absolute Gasteiger partial charge is 0.161 e. The molecule has 0 aliphatic carbocycles. The lowest BCUT2D eigenvalue weighted by Crippen LogP contribution is -2.13. The van der Waals surface area contributed by atoms with Crippen molar-refractivity contribution in [3.05, 3.63) is 59.2 Å². The topological polar surface area (TPSA) is 30.5 Å². The molecule has 1 unspecified atom stereocenters. The maximum atomic E-state index is 5.88. The van der Waals surface area contributed by atoms with E-state index >= 15 is 0 Å². The maximum Gasteiger partial charge on any atom is 0.161 e. The molecule has 0 heterocycles. The monoisotopic (exact) mass is 313 g/mol. The van der Waals surface area contributed by atoms with Gasteiger partial charge in [-0.05, 0) is 43.5 Å². The molecular weight excluding hydrogens is 286 g/mol. The molecule has 3 nitrogen and oxygen atoms in total. The average molecular weight is 313 g/mol. The molecule has 0 fully saturated rings. The molecule has 23 heavy (non-hydrogen) atoms. The number of rotatable bonds is 8. The molecule has 0 aliphatic rings. The minimum atomic E-state index is 0.189. The van der Waals surface area contributed by atoms with Gasteiger partial charge in [0.2, 0.25) is 0 Å². The normalized spacial score (nSPS) is 12.0. The van der Waals surface area contributed by atoms with Gasteiger partial charge in [0.05, 0.1) is 13.2 Å². The van der Waals surface area contributed by atoms with E-state index in [0.29, 0.717) is 0 Å². The first kappa shape index (κ1) is 17.4. The van der Waals surface area contributed by atoms with Gasteiger partial charge in [-0.25, -0.2) is 0 Å². The minimum Gasteiger partial charge on any atom is -0.493 e. The van der Waals surface area contributed by atoms with Crippen molar-refractivity contribution in [3.8, 4) is 11.5 Å². The molecule has 2 rings (SSSR count). The van der Waals surface area contributed by atoms with Crippen LogP contribution in [0.3, 0.4) is 0 Å². The third-order valence-electron chi connectivity index (χ3n) is 3.91. The van der Waals surface area contributed by atoms with Crippen molar-refractivity contribution in [2.24, 2.45) is 0 Å². The molecule has 3 heteroatoms. The van der Waals surface area contributed by atoms with Crippen molar-refractivity contribution in [2.75, 3.05) is 7.11 Å². The zero-order valence-corrected chi connectivity index (χ0v) is 14.6. The highest BCUT2D eigenvalue weighted by Crippen LogP contribution is 2.29. The van der Waals surface area contributed by atoms with E-state index in [2.05, 4.69) is 56.4 Å². The van der Waals surface area contributed by atoms with E-state index in [4.69, 9.17) is 9.47 Å². The summed E-state index contributed by atoms with van der Waals surface area (Å²) in [6, 6.07) is 14.7. The molecule has 0 saturated heterocycles. The van der Waals surface area contributed by atoms with Crippen LogP contribution in [0.25, 0.3) is 0 Å². The van der Waals surface area contributed by atoms with Crippen LogP contribution in [-0.4, -0.2) is 13.2 Å². The summed E-state index contributed by atoms with van der Waals surface area (Å²) in [5.41, 5.74) is 3.76. The molecule has 2 aromatic carbocycles. The van der Waals surface area contributed by atoms with Crippen LogP contribution < -0.4 is 14.8 Å². The fraction of sp³-hybridized carbons (Fsp3) is 0.400. The molecule has 1 N–H and O–H groups in total. The summed E-state index contributed by atoms with van der Waals surface area (Å²) in [7, 11) is 1.68. The number of hydrogen-bond acceptors (Lipinski definition) is 3. The second-order valence-electron chi connectivity index (χ2n) is 5.91. The number of aryl methyl sites for hydroxylation is 1. The predicted octanol–water partition coefficient (Wildman–Crippen LogP) is 4.47. The Balaban J connectivity index is 1.93. The van der Waals surface area contributed by atoms with Gasteiger partial charge in [-0.2, -0.15) is 0 Å². The zero-order chi connectivity index (χ0) is 16.7. The van der Waals surface area contributed by atoms with Crippen LogP contribution in [0.4, 0.5) is 0 Å². The van der Waals surface area contributed by atoms with E-state index in [0.717, 1.165) is 31.0 Å². The highest BCUT2D eigenvalue weighted by molar-refractivity contribution is 5.43. The fourth-order valence-corrected chi connectivity index (χ4v) is 2.28. The van der Waals surface area contributed by atoms with Crippen LogP contribution in [-0.2, 0) is 13.1 Å². The van der Waals surface area contributed by atoms with Crippen molar-refractivity contribution in [2.45, 2.75) is 46.4 Å². The summed E-state index contributed by atoms with van der Waals surface area (Å²) >= 11 is 0. The van der Waals surface area contributed by atoms with Gasteiger partial charge in [0.25, 0.3) is 0 Å². The van der Waals surface area contributed by atoms with Gasteiger partial charge >= 0.3 is 0 Å². The van der Waals surface area contributed by atoms with Crippen LogP contribution in [0.5, 0.6) is 11.5 Å². The van der Waals surface area contributed by atoms with Crippen LogP contribution in [0.1, 0.15) is 37.0 Å². The van der Waals surface area contributed by atoms with Crippen molar-refractivity contribution >= 4 is 0 Å². The zero-order valence-electron chi connectivity index (χ0n) is 14.6. The largest absolute Gasteiger partial charge is 0.493 e. The summed E-state index contributed by atoms with van der Waals surface area (Å²) in [4.78, 5) is 0. The van der Waals surface area contributed by atoms with Gasteiger partial charge in [-0.15, -0.1) is 0 Å². The summed E-state index contributed by atoms with van der Waals surface area (Å²) in [6.45, 7) is 7.94. The van der Waals surface area contributed by atoms with E-state index < -0.39 is 0 Å². The average Bonchev–Trinajstić information content (AvgIpc) is 2.57. The Morgan fingerprint density at radius 2 is 1.61 bits per heavy atom. The Hall–Kier alpha value is -2.00.